The summed E-state index contributed by atoms with van der Waals surface area (Å²) in [6.45, 7) is 16.4. The highest BCUT2D eigenvalue weighted by atomic mass is 14.2. The van der Waals surface area contributed by atoms with Gasteiger partial charge >= 0.3 is 0 Å². The summed E-state index contributed by atoms with van der Waals surface area (Å²) in [4.78, 5) is 0. The van der Waals surface area contributed by atoms with Gasteiger partial charge in [-0.1, -0.05) is 42.5 Å². The van der Waals surface area contributed by atoms with E-state index >= 15 is 0 Å². The Morgan fingerprint density at radius 3 is 2.21 bits per heavy atom. The zero-order valence-corrected chi connectivity index (χ0v) is 12.5. The Hall–Kier alpha value is -1.82. The molecule has 0 aliphatic carbocycles. The van der Waals surface area contributed by atoms with E-state index in [9.17, 15) is 0 Å². The van der Waals surface area contributed by atoms with E-state index in [1.165, 1.54) is 44.2 Å². The highest BCUT2D eigenvalue weighted by Gasteiger charge is 2.12. The fourth-order valence-corrected chi connectivity index (χ4v) is 2.92. The van der Waals surface area contributed by atoms with Crippen molar-refractivity contribution < 1.29 is 0 Å². The largest absolute Gasteiger partial charge is 0.0623 e. The van der Waals surface area contributed by atoms with Crippen molar-refractivity contribution in [2.75, 3.05) is 0 Å². The van der Waals surface area contributed by atoms with Crippen molar-refractivity contribution >= 4 is 16.8 Å². The van der Waals surface area contributed by atoms with Gasteiger partial charge < -0.3 is 0 Å². The van der Waals surface area contributed by atoms with Crippen molar-refractivity contribution in [3.63, 3.8) is 0 Å². The zero-order valence-electron chi connectivity index (χ0n) is 12.5. The van der Waals surface area contributed by atoms with E-state index in [2.05, 4.69) is 52.8 Å². The summed E-state index contributed by atoms with van der Waals surface area (Å²) < 4.78 is 0. The van der Waals surface area contributed by atoms with E-state index in [0.717, 1.165) is 0 Å². The standard InChI is InChI=1S/C19H21/c1-7-8-9-17-15(5)14(4)16(6)19-13(3)10-12(2)11-18(17)19/h1,7-11H,2-6H3/b7-1?,9-8+. The second kappa shape index (κ2) is 5.05. The molecule has 0 unspecified atom stereocenters. The van der Waals surface area contributed by atoms with Gasteiger partial charge in [0.2, 0.25) is 0 Å². The molecule has 0 nitrogen and oxygen atoms in total. The number of fused-ring (bicyclic) bond motifs is 1. The highest BCUT2D eigenvalue weighted by Crippen LogP contribution is 2.33. The lowest BCUT2D eigenvalue weighted by Crippen LogP contribution is -1.96. The number of allylic oxidation sites excluding steroid dienone is 2. The minimum Gasteiger partial charge on any atom is -0.0623 e. The molecule has 97 valence electrons. The fraction of sp³-hybridized carbons (Fsp3) is 0.263. The van der Waals surface area contributed by atoms with Gasteiger partial charge in [-0.2, -0.15) is 0 Å². The monoisotopic (exact) mass is 249 g/mol. The number of benzene rings is 2. The van der Waals surface area contributed by atoms with Gasteiger partial charge in [-0.3, -0.25) is 0 Å². The van der Waals surface area contributed by atoms with Gasteiger partial charge in [0.05, 0.1) is 0 Å². The van der Waals surface area contributed by atoms with Crippen LogP contribution in [0.15, 0.2) is 24.3 Å². The van der Waals surface area contributed by atoms with Gasteiger partial charge in [-0.05, 0) is 73.2 Å². The number of rotatable bonds is 2. The molecule has 19 heavy (non-hydrogen) atoms. The van der Waals surface area contributed by atoms with Gasteiger partial charge in [0.25, 0.3) is 0 Å². The third-order valence-corrected chi connectivity index (χ3v) is 4.05. The van der Waals surface area contributed by atoms with Gasteiger partial charge in [-0.25, -0.2) is 0 Å². The second-order valence-electron chi connectivity index (χ2n) is 5.34. The van der Waals surface area contributed by atoms with Crippen LogP contribution >= 0.6 is 0 Å². The first-order chi connectivity index (χ1) is 8.97. The molecule has 0 heterocycles. The van der Waals surface area contributed by atoms with E-state index in [0.29, 0.717) is 0 Å². The molecule has 0 aliphatic rings. The summed E-state index contributed by atoms with van der Waals surface area (Å²) in [5.74, 6) is 0. The molecule has 0 saturated carbocycles. The quantitative estimate of drug-likeness (QED) is 0.626. The predicted molar refractivity (Wildman–Crippen MR) is 85.5 cm³/mol. The van der Waals surface area contributed by atoms with Gasteiger partial charge in [0.1, 0.15) is 0 Å². The van der Waals surface area contributed by atoms with E-state index in [1.54, 1.807) is 6.08 Å². The molecule has 0 spiro atoms. The van der Waals surface area contributed by atoms with Crippen molar-refractivity contribution in [3.8, 4) is 0 Å². The van der Waals surface area contributed by atoms with Crippen LogP contribution in [0, 0.1) is 41.2 Å². The first-order valence-corrected chi connectivity index (χ1v) is 6.69. The molecule has 2 rings (SSSR count). The minimum atomic E-state index is 1.28. The maximum absolute atomic E-state index is 5.49. The molecular weight excluding hydrogens is 228 g/mol. The maximum atomic E-state index is 5.49. The molecular formula is C19H21. The molecule has 0 bridgehead atoms. The zero-order chi connectivity index (χ0) is 14.2. The molecule has 0 aliphatic heterocycles. The lowest BCUT2D eigenvalue weighted by molar-refractivity contribution is 1.27. The number of hydrogen-bond donors (Lipinski definition) is 0. The van der Waals surface area contributed by atoms with Crippen LogP contribution < -0.4 is 0 Å². The summed E-state index contributed by atoms with van der Waals surface area (Å²) in [6, 6.07) is 4.53. The summed E-state index contributed by atoms with van der Waals surface area (Å²) >= 11 is 0. The van der Waals surface area contributed by atoms with Crippen LogP contribution in [0.1, 0.15) is 33.4 Å². The Morgan fingerprint density at radius 1 is 0.895 bits per heavy atom. The Labute approximate surface area is 116 Å². The summed E-state index contributed by atoms with van der Waals surface area (Å²) in [5, 5.41) is 2.71. The molecule has 0 fully saturated rings. The molecule has 0 heteroatoms. The van der Waals surface area contributed by atoms with E-state index < -0.39 is 0 Å². The third kappa shape index (κ3) is 2.23. The minimum absolute atomic E-state index is 1.28. The molecule has 0 atom stereocenters. The molecule has 2 aromatic rings. The van der Waals surface area contributed by atoms with Gasteiger partial charge in [0, 0.05) is 0 Å². The summed E-state index contributed by atoms with van der Waals surface area (Å²) in [6.07, 6.45) is 5.61. The van der Waals surface area contributed by atoms with Crippen molar-refractivity contribution in [2.24, 2.45) is 0 Å². The first-order valence-electron chi connectivity index (χ1n) is 6.69. The normalized spacial score (nSPS) is 11.4. The average Bonchev–Trinajstić information content (AvgIpc) is 2.35. The summed E-state index contributed by atoms with van der Waals surface area (Å²) in [7, 11) is 0. The topological polar surface area (TPSA) is 0 Å². The molecule has 0 aromatic heterocycles. The number of hydrogen-bond acceptors (Lipinski definition) is 0. The van der Waals surface area contributed by atoms with Crippen LogP contribution in [0.5, 0.6) is 0 Å². The Balaban J connectivity index is 3.01. The Morgan fingerprint density at radius 2 is 1.58 bits per heavy atom. The Kier molecular flexibility index (Phi) is 3.61. The lowest BCUT2D eigenvalue weighted by atomic mass is 9.88. The van der Waals surface area contributed by atoms with Crippen LogP contribution in [0.2, 0.25) is 0 Å². The van der Waals surface area contributed by atoms with Crippen LogP contribution in [-0.4, -0.2) is 0 Å². The van der Waals surface area contributed by atoms with E-state index in [-0.39, 0.29) is 0 Å². The smallest absolute Gasteiger partial charge is 0.0101 e. The van der Waals surface area contributed by atoms with Crippen LogP contribution in [-0.2, 0) is 0 Å². The molecule has 2 aromatic carbocycles. The van der Waals surface area contributed by atoms with E-state index in [4.69, 9.17) is 6.58 Å². The van der Waals surface area contributed by atoms with Gasteiger partial charge in [-0.15, -0.1) is 0 Å². The van der Waals surface area contributed by atoms with Crippen LogP contribution in [0.25, 0.3) is 16.8 Å². The SMILES string of the molecule is [CH]=C/C=C/c1c(C)c(C)c(C)c2c(C)cc(C)cc12. The van der Waals surface area contributed by atoms with Crippen molar-refractivity contribution in [1.29, 1.82) is 0 Å². The molecule has 1 radical (unpaired) electrons. The Bertz CT molecular complexity index is 685. The molecule has 0 N–H and O–H groups in total. The molecule has 0 amide bonds. The average molecular weight is 249 g/mol. The van der Waals surface area contributed by atoms with Crippen molar-refractivity contribution in [3.05, 3.63) is 64.2 Å². The van der Waals surface area contributed by atoms with E-state index in [1.807, 2.05) is 6.08 Å². The van der Waals surface area contributed by atoms with Gasteiger partial charge in [0.15, 0.2) is 0 Å². The number of aryl methyl sites for hydroxylation is 3. The lowest BCUT2D eigenvalue weighted by Gasteiger charge is -2.17. The van der Waals surface area contributed by atoms with Crippen molar-refractivity contribution in [2.45, 2.75) is 34.6 Å². The van der Waals surface area contributed by atoms with Crippen LogP contribution in [0.4, 0.5) is 0 Å². The highest BCUT2D eigenvalue weighted by molar-refractivity contribution is 5.97. The first kappa shape index (κ1) is 13.6. The predicted octanol–water partition coefficient (Wildman–Crippen LogP) is 5.38. The molecule has 0 saturated heterocycles. The second-order valence-corrected chi connectivity index (χ2v) is 5.34. The van der Waals surface area contributed by atoms with Crippen LogP contribution in [0.3, 0.4) is 0 Å². The maximum Gasteiger partial charge on any atom is -0.0101 e. The van der Waals surface area contributed by atoms with Crippen molar-refractivity contribution in [1.82, 2.24) is 0 Å². The fourth-order valence-electron chi connectivity index (χ4n) is 2.92. The summed E-state index contributed by atoms with van der Waals surface area (Å²) in [5.41, 5.74) is 8.04. The third-order valence-electron chi connectivity index (χ3n) is 4.05.